The molecule has 1 fully saturated rings. The second kappa shape index (κ2) is 7.24. The second-order valence-electron chi connectivity index (χ2n) is 5.21. The van der Waals surface area contributed by atoms with E-state index >= 15 is 0 Å². The standard InChI is InChI=1S/C13H24N2O3/c1-3-11(8-10-4-5-10)15-13(18)14-7-6-9(2)12(16)17/h9-11H,3-8H2,1-2H3,(H,16,17)(H2,14,15,18). The van der Waals surface area contributed by atoms with Gasteiger partial charge in [-0.05, 0) is 25.2 Å². The molecular weight excluding hydrogens is 232 g/mol. The maximum absolute atomic E-state index is 11.6. The Morgan fingerprint density at radius 3 is 2.56 bits per heavy atom. The van der Waals surface area contributed by atoms with E-state index in [2.05, 4.69) is 17.6 Å². The molecule has 1 saturated carbocycles. The summed E-state index contributed by atoms with van der Waals surface area (Å²) in [5, 5.41) is 14.4. The van der Waals surface area contributed by atoms with Crippen molar-refractivity contribution in [1.29, 1.82) is 0 Å². The number of rotatable bonds is 8. The van der Waals surface area contributed by atoms with Crippen LogP contribution in [0.15, 0.2) is 0 Å². The van der Waals surface area contributed by atoms with Gasteiger partial charge in [-0.1, -0.05) is 26.7 Å². The van der Waals surface area contributed by atoms with Gasteiger partial charge in [0.2, 0.25) is 0 Å². The predicted octanol–water partition coefficient (Wildman–Crippen LogP) is 1.98. The molecule has 0 heterocycles. The Hall–Kier alpha value is -1.26. The minimum absolute atomic E-state index is 0.180. The predicted molar refractivity (Wildman–Crippen MR) is 69.4 cm³/mol. The quantitative estimate of drug-likeness (QED) is 0.621. The SMILES string of the molecule is CCC(CC1CC1)NC(=O)NCCC(C)C(=O)O. The van der Waals surface area contributed by atoms with E-state index in [4.69, 9.17) is 5.11 Å². The molecule has 1 aliphatic carbocycles. The average Bonchev–Trinajstić information content (AvgIpc) is 3.11. The molecule has 1 aliphatic rings. The number of amides is 2. The number of carboxylic acid groups (broad SMARTS) is 1. The highest BCUT2D eigenvalue weighted by atomic mass is 16.4. The molecule has 0 spiro atoms. The Morgan fingerprint density at radius 1 is 1.39 bits per heavy atom. The van der Waals surface area contributed by atoms with Gasteiger partial charge >= 0.3 is 12.0 Å². The summed E-state index contributed by atoms with van der Waals surface area (Å²) in [7, 11) is 0. The number of carbonyl (C=O) groups is 2. The fourth-order valence-corrected chi connectivity index (χ4v) is 1.85. The van der Waals surface area contributed by atoms with E-state index in [1.54, 1.807) is 6.92 Å². The lowest BCUT2D eigenvalue weighted by molar-refractivity contribution is -0.141. The van der Waals surface area contributed by atoms with Gasteiger partial charge in [-0.25, -0.2) is 4.79 Å². The van der Waals surface area contributed by atoms with Crippen molar-refractivity contribution >= 4 is 12.0 Å². The van der Waals surface area contributed by atoms with Crippen LogP contribution >= 0.6 is 0 Å². The molecule has 0 bridgehead atoms. The van der Waals surface area contributed by atoms with E-state index in [1.165, 1.54) is 12.8 Å². The van der Waals surface area contributed by atoms with Gasteiger partial charge in [0.1, 0.15) is 0 Å². The minimum atomic E-state index is -0.822. The first kappa shape index (κ1) is 14.8. The first-order valence-corrected chi connectivity index (χ1v) is 6.80. The minimum Gasteiger partial charge on any atom is -0.481 e. The van der Waals surface area contributed by atoms with Crippen molar-refractivity contribution in [2.24, 2.45) is 11.8 Å². The Kier molecular flexibility index (Phi) is 5.95. The lowest BCUT2D eigenvalue weighted by Crippen LogP contribution is -2.42. The number of hydrogen-bond acceptors (Lipinski definition) is 2. The number of nitrogens with one attached hydrogen (secondary N) is 2. The van der Waals surface area contributed by atoms with Crippen LogP contribution < -0.4 is 10.6 Å². The Labute approximate surface area is 108 Å². The first-order valence-electron chi connectivity index (χ1n) is 6.80. The van der Waals surface area contributed by atoms with Gasteiger partial charge in [0.15, 0.2) is 0 Å². The zero-order valence-corrected chi connectivity index (χ0v) is 11.2. The molecule has 0 aliphatic heterocycles. The summed E-state index contributed by atoms with van der Waals surface area (Å²) >= 11 is 0. The molecule has 5 nitrogen and oxygen atoms in total. The van der Waals surface area contributed by atoms with E-state index < -0.39 is 11.9 Å². The maximum Gasteiger partial charge on any atom is 0.315 e. The molecule has 0 radical (unpaired) electrons. The van der Waals surface area contributed by atoms with Crippen molar-refractivity contribution in [3.63, 3.8) is 0 Å². The van der Waals surface area contributed by atoms with Crippen molar-refractivity contribution in [3.8, 4) is 0 Å². The van der Waals surface area contributed by atoms with E-state index in [0.717, 1.165) is 18.8 Å². The summed E-state index contributed by atoms with van der Waals surface area (Å²) < 4.78 is 0. The molecule has 0 aromatic carbocycles. The number of carboxylic acids is 1. The molecule has 1 rings (SSSR count). The first-order chi connectivity index (χ1) is 8.52. The molecule has 104 valence electrons. The van der Waals surface area contributed by atoms with Crippen LogP contribution in [0.2, 0.25) is 0 Å². The Bertz CT molecular complexity index is 290. The summed E-state index contributed by atoms with van der Waals surface area (Å²) in [6.45, 7) is 4.11. The Balaban J connectivity index is 2.13. The third-order valence-electron chi connectivity index (χ3n) is 3.43. The van der Waals surface area contributed by atoms with Crippen molar-refractivity contribution in [1.82, 2.24) is 10.6 Å². The lowest BCUT2D eigenvalue weighted by atomic mass is 10.1. The van der Waals surface area contributed by atoms with Crippen LogP contribution in [0.4, 0.5) is 4.79 Å². The average molecular weight is 256 g/mol. The zero-order chi connectivity index (χ0) is 13.5. The van der Waals surface area contributed by atoms with E-state index in [1.807, 2.05) is 0 Å². The molecule has 5 heteroatoms. The summed E-state index contributed by atoms with van der Waals surface area (Å²) in [6, 6.07) is 0.0643. The Morgan fingerprint density at radius 2 is 2.06 bits per heavy atom. The molecule has 2 unspecified atom stereocenters. The van der Waals surface area contributed by atoms with E-state index in [9.17, 15) is 9.59 Å². The smallest absolute Gasteiger partial charge is 0.315 e. The molecule has 18 heavy (non-hydrogen) atoms. The molecule has 0 aromatic heterocycles. The summed E-state index contributed by atoms with van der Waals surface area (Å²) in [5.74, 6) is -0.446. The fourth-order valence-electron chi connectivity index (χ4n) is 1.85. The topological polar surface area (TPSA) is 78.4 Å². The van der Waals surface area contributed by atoms with Gasteiger partial charge < -0.3 is 15.7 Å². The number of urea groups is 1. The highest BCUT2D eigenvalue weighted by Crippen LogP contribution is 2.33. The van der Waals surface area contributed by atoms with Crippen molar-refractivity contribution in [3.05, 3.63) is 0 Å². The van der Waals surface area contributed by atoms with Crippen LogP contribution in [0.25, 0.3) is 0 Å². The van der Waals surface area contributed by atoms with Crippen molar-refractivity contribution < 1.29 is 14.7 Å². The van der Waals surface area contributed by atoms with Gasteiger partial charge in [0.05, 0.1) is 5.92 Å². The van der Waals surface area contributed by atoms with Gasteiger partial charge in [-0.15, -0.1) is 0 Å². The van der Waals surface area contributed by atoms with Crippen LogP contribution in [0.3, 0.4) is 0 Å². The van der Waals surface area contributed by atoms with Gasteiger partial charge in [0, 0.05) is 12.6 Å². The number of aliphatic carboxylic acids is 1. The summed E-state index contributed by atoms with van der Waals surface area (Å²) in [4.78, 5) is 22.2. The van der Waals surface area contributed by atoms with E-state index in [0.29, 0.717) is 13.0 Å². The maximum atomic E-state index is 11.6. The summed E-state index contributed by atoms with van der Waals surface area (Å²) in [6.07, 6.45) is 5.04. The van der Waals surface area contributed by atoms with Crippen LogP contribution in [-0.4, -0.2) is 29.7 Å². The largest absolute Gasteiger partial charge is 0.481 e. The lowest BCUT2D eigenvalue weighted by Gasteiger charge is -2.17. The van der Waals surface area contributed by atoms with Gasteiger partial charge in [-0.3, -0.25) is 4.79 Å². The summed E-state index contributed by atoms with van der Waals surface area (Å²) in [5.41, 5.74) is 0. The normalized spacial score (nSPS) is 17.9. The fraction of sp³-hybridized carbons (Fsp3) is 0.846. The highest BCUT2D eigenvalue weighted by Gasteiger charge is 2.25. The van der Waals surface area contributed by atoms with Gasteiger partial charge in [0.25, 0.3) is 0 Å². The van der Waals surface area contributed by atoms with Gasteiger partial charge in [-0.2, -0.15) is 0 Å². The van der Waals surface area contributed by atoms with Crippen molar-refractivity contribution in [2.75, 3.05) is 6.54 Å². The molecule has 0 aromatic rings. The van der Waals surface area contributed by atoms with Crippen LogP contribution in [-0.2, 0) is 4.79 Å². The zero-order valence-electron chi connectivity index (χ0n) is 11.2. The van der Waals surface area contributed by atoms with E-state index in [-0.39, 0.29) is 12.1 Å². The monoisotopic (exact) mass is 256 g/mol. The van der Waals surface area contributed by atoms with Crippen LogP contribution in [0.1, 0.15) is 46.0 Å². The number of carbonyl (C=O) groups excluding carboxylic acids is 1. The molecular formula is C13H24N2O3. The number of hydrogen-bond donors (Lipinski definition) is 3. The molecule has 3 N–H and O–H groups in total. The second-order valence-corrected chi connectivity index (χ2v) is 5.21. The molecule has 0 saturated heterocycles. The third kappa shape index (κ3) is 5.89. The molecule has 2 atom stereocenters. The van der Waals surface area contributed by atoms with Crippen molar-refractivity contribution in [2.45, 2.75) is 52.0 Å². The molecule has 2 amide bonds. The highest BCUT2D eigenvalue weighted by molar-refractivity contribution is 5.74. The third-order valence-corrected chi connectivity index (χ3v) is 3.43. The van der Waals surface area contributed by atoms with Crippen LogP contribution in [0.5, 0.6) is 0 Å². The van der Waals surface area contributed by atoms with Crippen LogP contribution in [0, 0.1) is 11.8 Å².